The number of rotatable bonds is 23. The van der Waals surface area contributed by atoms with Crippen LogP contribution >= 0.6 is 0 Å². The zero-order valence-electron chi connectivity index (χ0n) is 23.6. The molecule has 0 aromatic heterocycles. The van der Waals surface area contributed by atoms with Crippen molar-refractivity contribution in [3.63, 3.8) is 0 Å². The zero-order valence-corrected chi connectivity index (χ0v) is 23.6. The number of aliphatic hydroxyl groups excluding tert-OH is 1. The fourth-order valence-corrected chi connectivity index (χ4v) is 4.22. The summed E-state index contributed by atoms with van der Waals surface area (Å²) in [6.07, 6.45) is 8.23. The minimum atomic E-state index is -1.35. The lowest BCUT2D eigenvalue weighted by Crippen LogP contribution is -2.57. The molecule has 12 heteroatoms. The Hall–Kier alpha value is -2.86. The second-order valence-corrected chi connectivity index (χ2v) is 10.4. The summed E-state index contributed by atoms with van der Waals surface area (Å²) in [7, 11) is 0. The maximum Gasteiger partial charge on any atom is 0.252 e. The summed E-state index contributed by atoms with van der Waals surface area (Å²) in [5.74, 6) is -3.77. The van der Waals surface area contributed by atoms with E-state index in [1.807, 2.05) is 13.8 Å². The Balaban J connectivity index is 5.42. The Bertz CT molecular complexity index is 790. The van der Waals surface area contributed by atoms with Crippen LogP contribution in [0.3, 0.4) is 0 Å². The fraction of sp³-hybridized carbons (Fsp3) is 0.778. The highest BCUT2D eigenvalue weighted by Gasteiger charge is 2.36. The van der Waals surface area contributed by atoms with Crippen LogP contribution in [0.2, 0.25) is 0 Å². The number of nitrogens with one attached hydrogen (secondary N) is 1. The number of carbonyl (C=O) groups excluding carboxylic acids is 6. The smallest absolute Gasteiger partial charge is 0.252 e. The van der Waals surface area contributed by atoms with Crippen LogP contribution in [-0.4, -0.2) is 70.6 Å². The van der Waals surface area contributed by atoms with E-state index in [4.69, 9.17) is 22.3 Å². The predicted octanol–water partition coefficient (Wildman–Crippen LogP) is 0.802. The Morgan fingerprint density at radius 3 is 1.85 bits per heavy atom. The van der Waals surface area contributed by atoms with Crippen molar-refractivity contribution < 1.29 is 33.9 Å². The third-order valence-electron chi connectivity index (χ3n) is 6.31. The molecule has 5 amide bonds. The van der Waals surface area contributed by atoms with Crippen LogP contribution in [0.5, 0.6) is 0 Å². The number of hydrogen-bond donors (Lipinski definition) is 5. The third-order valence-corrected chi connectivity index (χ3v) is 6.31. The molecule has 0 aliphatic carbocycles. The molecule has 0 saturated carbocycles. The summed E-state index contributed by atoms with van der Waals surface area (Å²) in [5, 5.41) is 11.2. The SMILES string of the molecule is CC(C)C[C@@H](C=O)N(C(=O)CCCCCCCCCCCO)C(=O)[C@H](CCC(N)=O)NC(=O)[C@@H](N)CC(N)=O. The van der Waals surface area contributed by atoms with Crippen LogP contribution in [-0.2, 0) is 28.8 Å². The van der Waals surface area contributed by atoms with E-state index in [9.17, 15) is 28.8 Å². The maximum absolute atomic E-state index is 13.6. The standard InChI is InChI=1S/C27H49N5O7/c1-19(2)16-20(18-34)32(25(37)12-10-8-6-4-3-5-7-9-11-15-33)27(39)22(13-14-23(29)35)31-26(38)21(28)17-24(30)36/h18-22,33H,3-17,28H2,1-2H3,(H2,29,35)(H2,30,36)(H,31,38)/t20-,21-,22-/m0/s1. The summed E-state index contributed by atoms with van der Waals surface area (Å²) in [4.78, 5) is 74.8. The van der Waals surface area contributed by atoms with Gasteiger partial charge in [0, 0.05) is 19.4 Å². The number of imide groups is 1. The molecule has 0 aromatic rings. The number of nitrogens with zero attached hydrogens (tertiary/aromatic N) is 1. The van der Waals surface area contributed by atoms with E-state index in [1.165, 1.54) is 0 Å². The first-order chi connectivity index (χ1) is 18.4. The number of aldehydes is 1. The molecule has 0 radical (unpaired) electrons. The number of carbonyl (C=O) groups is 6. The van der Waals surface area contributed by atoms with Crippen molar-refractivity contribution in [3.05, 3.63) is 0 Å². The van der Waals surface area contributed by atoms with Crippen LogP contribution in [0.4, 0.5) is 0 Å². The average Bonchev–Trinajstić information content (AvgIpc) is 2.86. The number of amides is 5. The highest BCUT2D eigenvalue weighted by Crippen LogP contribution is 2.17. The molecule has 0 aliphatic rings. The fourth-order valence-electron chi connectivity index (χ4n) is 4.22. The van der Waals surface area contributed by atoms with Gasteiger partial charge in [0.25, 0.3) is 5.91 Å². The summed E-state index contributed by atoms with van der Waals surface area (Å²) in [5.41, 5.74) is 16.0. The molecule has 0 rings (SSSR count). The van der Waals surface area contributed by atoms with Gasteiger partial charge in [0.05, 0.1) is 18.5 Å². The number of primary amides is 2. The Morgan fingerprint density at radius 1 is 0.846 bits per heavy atom. The van der Waals surface area contributed by atoms with Crippen LogP contribution in [0, 0.1) is 5.92 Å². The van der Waals surface area contributed by atoms with Crippen molar-refractivity contribution in [2.45, 2.75) is 122 Å². The molecule has 0 aliphatic heterocycles. The first-order valence-electron chi connectivity index (χ1n) is 14.0. The molecule has 0 heterocycles. The predicted molar refractivity (Wildman–Crippen MR) is 147 cm³/mol. The van der Waals surface area contributed by atoms with E-state index in [2.05, 4.69) is 5.32 Å². The highest BCUT2D eigenvalue weighted by atomic mass is 16.3. The first kappa shape index (κ1) is 36.1. The van der Waals surface area contributed by atoms with Crippen molar-refractivity contribution >= 4 is 35.8 Å². The summed E-state index contributed by atoms with van der Waals surface area (Å²) < 4.78 is 0. The highest BCUT2D eigenvalue weighted by molar-refractivity contribution is 6.02. The van der Waals surface area contributed by atoms with E-state index in [0.717, 1.165) is 56.3 Å². The molecule has 3 atom stereocenters. The lowest BCUT2D eigenvalue weighted by molar-refractivity contribution is -0.152. The van der Waals surface area contributed by atoms with Crippen molar-refractivity contribution in [1.82, 2.24) is 10.2 Å². The van der Waals surface area contributed by atoms with Crippen molar-refractivity contribution in [1.29, 1.82) is 0 Å². The molecule has 0 bridgehead atoms. The molecule has 0 spiro atoms. The van der Waals surface area contributed by atoms with Gasteiger partial charge in [-0.15, -0.1) is 0 Å². The lowest BCUT2D eigenvalue weighted by Gasteiger charge is -2.31. The average molecular weight is 556 g/mol. The number of unbranched alkanes of at least 4 members (excludes halogenated alkanes) is 8. The quantitative estimate of drug-likeness (QED) is 0.0895. The Labute approximate surface area is 231 Å². The van der Waals surface area contributed by atoms with Gasteiger partial charge in [0.2, 0.25) is 23.6 Å². The van der Waals surface area contributed by atoms with Gasteiger partial charge in [0.15, 0.2) is 0 Å². The van der Waals surface area contributed by atoms with E-state index >= 15 is 0 Å². The second-order valence-electron chi connectivity index (χ2n) is 10.4. The summed E-state index contributed by atoms with van der Waals surface area (Å²) in [6.45, 7) is 3.92. The van der Waals surface area contributed by atoms with Crippen LogP contribution < -0.4 is 22.5 Å². The number of hydrogen-bond acceptors (Lipinski definition) is 8. The molecule has 224 valence electrons. The van der Waals surface area contributed by atoms with Gasteiger partial charge in [0.1, 0.15) is 12.3 Å². The molecular formula is C27H49N5O7. The van der Waals surface area contributed by atoms with Gasteiger partial charge in [-0.1, -0.05) is 58.8 Å². The van der Waals surface area contributed by atoms with Crippen molar-refractivity contribution in [3.8, 4) is 0 Å². The lowest BCUT2D eigenvalue weighted by atomic mass is 10.00. The normalized spacial score (nSPS) is 13.4. The minimum absolute atomic E-state index is 0.0108. The number of aliphatic hydroxyl groups is 1. The molecule has 39 heavy (non-hydrogen) atoms. The monoisotopic (exact) mass is 555 g/mol. The van der Waals surface area contributed by atoms with Crippen LogP contribution in [0.15, 0.2) is 0 Å². The summed E-state index contributed by atoms with van der Waals surface area (Å²) in [6, 6.07) is -3.73. The summed E-state index contributed by atoms with van der Waals surface area (Å²) >= 11 is 0. The van der Waals surface area contributed by atoms with E-state index in [-0.39, 0.29) is 38.2 Å². The maximum atomic E-state index is 13.6. The topological polar surface area (TPSA) is 216 Å². The van der Waals surface area contributed by atoms with Gasteiger partial charge in [-0.25, -0.2) is 0 Å². The molecule has 0 saturated heterocycles. The molecule has 8 N–H and O–H groups in total. The van der Waals surface area contributed by atoms with Crippen LogP contribution in [0.1, 0.15) is 104 Å². The molecule has 0 aromatic carbocycles. The molecule has 0 unspecified atom stereocenters. The van der Waals surface area contributed by atoms with Gasteiger partial charge in [-0.05, 0) is 31.6 Å². The van der Waals surface area contributed by atoms with E-state index in [0.29, 0.717) is 12.7 Å². The molecule has 0 fully saturated rings. The molecule has 12 nitrogen and oxygen atoms in total. The van der Waals surface area contributed by atoms with Gasteiger partial charge < -0.3 is 32.4 Å². The third kappa shape index (κ3) is 16.7. The van der Waals surface area contributed by atoms with E-state index in [1.54, 1.807) is 0 Å². The number of nitrogens with two attached hydrogens (primary N) is 3. The Kier molecular flexibility index (Phi) is 19.5. The van der Waals surface area contributed by atoms with Crippen molar-refractivity contribution in [2.75, 3.05) is 6.61 Å². The van der Waals surface area contributed by atoms with E-state index < -0.39 is 54.1 Å². The van der Waals surface area contributed by atoms with Gasteiger partial charge in [-0.2, -0.15) is 0 Å². The van der Waals surface area contributed by atoms with Gasteiger partial charge in [-0.3, -0.25) is 28.9 Å². The molecular weight excluding hydrogens is 506 g/mol. The second kappa shape index (κ2) is 21.0. The Morgan fingerprint density at radius 2 is 1.38 bits per heavy atom. The zero-order chi connectivity index (χ0) is 29.8. The minimum Gasteiger partial charge on any atom is -0.396 e. The van der Waals surface area contributed by atoms with Crippen molar-refractivity contribution in [2.24, 2.45) is 23.1 Å². The largest absolute Gasteiger partial charge is 0.396 e. The first-order valence-corrected chi connectivity index (χ1v) is 14.0. The van der Waals surface area contributed by atoms with Crippen LogP contribution in [0.25, 0.3) is 0 Å². The van der Waals surface area contributed by atoms with Gasteiger partial charge >= 0.3 is 0 Å².